The van der Waals surface area contributed by atoms with E-state index >= 15 is 0 Å². The molecule has 0 aromatic heterocycles. The van der Waals surface area contributed by atoms with Crippen LogP contribution < -0.4 is 5.32 Å². The number of nitrogens with one attached hydrogen (secondary N) is 1. The van der Waals surface area contributed by atoms with Gasteiger partial charge in [-0.2, -0.15) is 0 Å². The lowest BCUT2D eigenvalue weighted by Crippen LogP contribution is -2.50. The van der Waals surface area contributed by atoms with Gasteiger partial charge in [-0.3, -0.25) is 0 Å². The minimum absolute atomic E-state index is 0.260. The van der Waals surface area contributed by atoms with Crippen LogP contribution in [0.5, 0.6) is 0 Å². The van der Waals surface area contributed by atoms with Crippen molar-refractivity contribution in [3.63, 3.8) is 0 Å². The van der Waals surface area contributed by atoms with Crippen molar-refractivity contribution in [2.24, 2.45) is 5.92 Å². The summed E-state index contributed by atoms with van der Waals surface area (Å²) in [5.74, 6) is 0.260. The highest BCUT2D eigenvalue weighted by Crippen LogP contribution is 2.36. The summed E-state index contributed by atoms with van der Waals surface area (Å²) < 4.78 is 0. The van der Waals surface area contributed by atoms with Crippen LogP contribution in [-0.2, 0) is 5.60 Å². The van der Waals surface area contributed by atoms with Gasteiger partial charge in [0, 0.05) is 18.5 Å². The highest BCUT2D eigenvalue weighted by molar-refractivity contribution is 5.24. The van der Waals surface area contributed by atoms with Crippen molar-refractivity contribution in [2.75, 3.05) is 6.54 Å². The van der Waals surface area contributed by atoms with Crippen LogP contribution in [0.25, 0.3) is 0 Å². The molecule has 2 heteroatoms. The lowest BCUT2D eigenvalue weighted by molar-refractivity contribution is -0.0507. The smallest absolute Gasteiger partial charge is 0.0948 e. The molecule has 2 N–H and O–H groups in total. The van der Waals surface area contributed by atoms with Gasteiger partial charge in [0.1, 0.15) is 0 Å². The van der Waals surface area contributed by atoms with Crippen molar-refractivity contribution < 1.29 is 5.11 Å². The molecule has 2 rings (SSSR count). The fraction of sp³-hybridized carbons (Fsp3) is 0.538. The zero-order chi connectivity index (χ0) is 10.9. The Hall–Kier alpha value is -0.860. The first-order valence-corrected chi connectivity index (χ1v) is 5.64. The molecular formula is C13H19NO. The van der Waals surface area contributed by atoms with Gasteiger partial charge in [0.05, 0.1) is 5.60 Å². The first-order chi connectivity index (χ1) is 7.13. The van der Waals surface area contributed by atoms with E-state index in [1.165, 1.54) is 0 Å². The third-order valence-corrected chi connectivity index (χ3v) is 3.48. The van der Waals surface area contributed by atoms with Gasteiger partial charge < -0.3 is 10.4 Å². The van der Waals surface area contributed by atoms with E-state index < -0.39 is 5.60 Å². The fourth-order valence-electron chi connectivity index (χ4n) is 2.42. The summed E-state index contributed by atoms with van der Waals surface area (Å²) in [6.45, 7) is 5.11. The second-order valence-electron chi connectivity index (χ2n) is 4.70. The Morgan fingerprint density at radius 1 is 1.27 bits per heavy atom. The number of hydrogen-bond donors (Lipinski definition) is 2. The van der Waals surface area contributed by atoms with Crippen molar-refractivity contribution in [3.05, 3.63) is 35.9 Å². The van der Waals surface area contributed by atoms with E-state index in [4.69, 9.17) is 0 Å². The molecule has 1 aromatic rings. The molecule has 82 valence electrons. The Morgan fingerprint density at radius 3 is 2.60 bits per heavy atom. The molecule has 1 aromatic carbocycles. The van der Waals surface area contributed by atoms with E-state index in [1.54, 1.807) is 0 Å². The topological polar surface area (TPSA) is 32.3 Å². The highest BCUT2D eigenvalue weighted by Gasteiger charge is 2.39. The van der Waals surface area contributed by atoms with Crippen LogP contribution in [0.1, 0.15) is 25.8 Å². The first-order valence-electron chi connectivity index (χ1n) is 5.64. The van der Waals surface area contributed by atoms with E-state index in [2.05, 4.69) is 19.2 Å². The lowest BCUT2D eigenvalue weighted by atomic mass is 9.75. The van der Waals surface area contributed by atoms with Crippen molar-refractivity contribution >= 4 is 0 Å². The summed E-state index contributed by atoms with van der Waals surface area (Å²) in [5, 5.41) is 14.1. The Balaban J connectivity index is 2.31. The number of rotatable bonds is 1. The van der Waals surface area contributed by atoms with Gasteiger partial charge in [-0.05, 0) is 18.9 Å². The Labute approximate surface area is 91.3 Å². The predicted molar refractivity (Wildman–Crippen MR) is 61.6 cm³/mol. The van der Waals surface area contributed by atoms with Crippen molar-refractivity contribution in [2.45, 2.75) is 31.9 Å². The average molecular weight is 205 g/mol. The van der Waals surface area contributed by atoms with Gasteiger partial charge in [0.15, 0.2) is 0 Å². The molecule has 2 nitrogen and oxygen atoms in total. The SMILES string of the molecule is C[C@@H]1CN[C@@H](C)C[C@@]1(O)c1ccccc1. The van der Waals surface area contributed by atoms with Crippen molar-refractivity contribution in [1.29, 1.82) is 0 Å². The van der Waals surface area contributed by atoms with Crippen LogP contribution in [0.15, 0.2) is 30.3 Å². The molecule has 1 heterocycles. The minimum Gasteiger partial charge on any atom is -0.385 e. The largest absolute Gasteiger partial charge is 0.385 e. The molecule has 0 saturated carbocycles. The molecule has 0 spiro atoms. The number of aliphatic hydroxyl groups is 1. The Kier molecular flexibility index (Phi) is 2.81. The summed E-state index contributed by atoms with van der Waals surface area (Å²) in [7, 11) is 0. The summed E-state index contributed by atoms with van der Waals surface area (Å²) >= 11 is 0. The molecule has 0 aliphatic carbocycles. The first kappa shape index (κ1) is 10.7. The van der Waals surface area contributed by atoms with E-state index in [-0.39, 0.29) is 5.92 Å². The maximum absolute atomic E-state index is 10.7. The van der Waals surface area contributed by atoms with Gasteiger partial charge in [-0.1, -0.05) is 37.3 Å². The van der Waals surface area contributed by atoms with Gasteiger partial charge in [0.2, 0.25) is 0 Å². The maximum atomic E-state index is 10.7. The van der Waals surface area contributed by atoms with E-state index in [0.29, 0.717) is 6.04 Å². The molecule has 1 fully saturated rings. The zero-order valence-electron chi connectivity index (χ0n) is 9.40. The van der Waals surface area contributed by atoms with Crippen LogP contribution >= 0.6 is 0 Å². The van der Waals surface area contributed by atoms with Crippen LogP contribution in [0.4, 0.5) is 0 Å². The number of hydrogen-bond acceptors (Lipinski definition) is 2. The molecule has 3 atom stereocenters. The van der Waals surface area contributed by atoms with Gasteiger partial charge in [-0.25, -0.2) is 0 Å². The van der Waals surface area contributed by atoms with E-state index in [1.807, 2.05) is 30.3 Å². The predicted octanol–water partition coefficient (Wildman–Crippen LogP) is 1.89. The third kappa shape index (κ3) is 1.92. The summed E-state index contributed by atoms with van der Waals surface area (Å²) in [4.78, 5) is 0. The van der Waals surface area contributed by atoms with E-state index in [0.717, 1.165) is 18.5 Å². The fourth-order valence-corrected chi connectivity index (χ4v) is 2.42. The molecule has 1 aliphatic rings. The quantitative estimate of drug-likeness (QED) is 0.734. The average Bonchev–Trinajstić information content (AvgIpc) is 2.25. The normalized spacial score (nSPS) is 36.5. The standard InChI is InChI=1S/C13H19NO/c1-10-9-14-11(2)8-13(10,15)12-6-4-3-5-7-12/h3-7,10-11,14-15H,8-9H2,1-2H3/t10-,11+,13+/m1/s1. The minimum atomic E-state index is -0.661. The van der Waals surface area contributed by atoms with Crippen LogP contribution in [0, 0.1) is 5.92 Å². The summed E-state index contributed by atoms with van der Waals surface area (Å²) in [5.41, 5.74) is 0.386. The molecule has 0 unspecified atom stereocenters. The van der Waals surface area contributed by atoms with Gasteiger partial charge >= 0.3 is 0 Å². The molecule has 0 amide bonds. The molecule has 0 radical (unpaired) electrons. The second-order valence-corrected chi connectivity index (χ2v) is 4.70. The molecule has 1 saturated heterocycles. The lowest BCUT2D eigenvalue weighted by Gasteiger charge is -2.42. The van der Waals surface area contributed by atoms with Gasteiger partial charge in [0.25, 0.3) is 0 Å². The summed E-state index contributed by atoms with van der Waals surface area (Å²) in [6, 6.07) is 10.4. The molecule has 0 bridgehead atoms. The van der Waals surface area contributed by atoms with Crippen molar-refractivity contribution in [1.82, 2.24) is 5.32 Å². The monoisotopic (exact) mass is 205 g/mol. The number of piperidine rings is 1. The molecule has 15 heavy (non-hydrogen) atoms. The molecule has 1 aliphatic heterocycles. The second kappa shape index (κ2) is 3.95. The Morgan fingerprint density at radius 2 is 1.93 bits per heavy atom. The number of benzene rings is 1. The van der Waals surface area contributed by atoms with E-state index in [9.17, 15) is 5.11 Å². The molecular weight excluding hydrogens is 186 g/mol. The zero-order valence-corrected chi connectivity index (χ0v) is 9.40. The van der Waals surface area contributed by atoms with Crippen LogP contribution in [0.2, 0.25) is 0 Å². The highest BCUT2D eigenvalue weighted by atomic mass is 16.3. The van der Waals surface area contributed by atoms with Crippen LogP contribution in [-0.4, -0.2) is 17.7 Å². The Bertz CT molecular complexity index is 325. The van der Waals surface area contributed by atoms with Gasteiger partial charge in [-0.15, -0.1) is 0 Å². The van der Waals surface area contributed by atoms with Crippen molar-refractivity contribution in [3.8, 4) is 0 Å². The maximum Gasteiger partial charge on any atom is 0.0948 e. The third-order valence-electron chi connectivity index (χ3n) is 3.48. The summed E-state index contributed by atoms with van der Waals surface area (Å²) in [6.07, 6.45) is 0.790. The van der Waals surface area contributed by atoms with Crippen LogP contribution in [0.3, 0.4) is 0 Å².